The van der Waals surface area contributed by atoms with E-state index in [1.807, 2.05) is 26.0 Å². The van der Waals surface area contributed by atoms with Crippen molar-refractivity contribution in [2.24, 2.45) is 11.7 Å². The van der Waals surface area contributed by atoms with Crippen LogP contribution in [0.25, 0.3) is 0 Å². The van der Waals surface area contributed by atoms with Gasteiger partial charge in [0.25, 0.3) is 0 Å². The van der Waals surface area contributed by atoms with Crippen LogP contribution in [0.5, 0.6) is 0 Å². The molecule has 0 heterocycles. The van der Waals surface area contributed by atoms with Gasteiger partial charge in [0.2, 0.25) is 10.0 Å². The molecule has 1 fully saturated rings. The van der Waals surface area contributed by atoms with Gasteiger partial charge in [0, 0.05) is 12.1 Å². The minimum atomic E-state index is -3.54. The molecule has 2 atom stereocenters. The van der Waals surface area contributed by atoms with Gasteiger partial charge in [-0.1, -0.05) is 37.5 Å². The molecule has 0 radical (unpaired) electrons. The summed E-state index contributed by atoms with van der Waals surface area (Å²) >= 11 is 0. The lowest BCUT2D eigenvalue weighted by molar-refractivity contribution is 0.191. The van der Waals surface area contributed by atoms with Gasteiger partial charge in [-0.05, 0) is 44.2 Å². The van der Waals surface area contributed by atoms with Crippen LogP contribution in [0, 0.1) is 19.8 Å². The number of nitrogens with one attached hydrogen (secondary N) is 1. The maximum Gasteiger partial charge on any atom is 0.241 e. The minimum Gasteiger partial charge on any atom is -0.329 e. The summed E-state index contributed by atoms with van der Waals surface area (Å²) in [7, 11) is -3.54. The molecule has 0 saturated heterocycles. The van der Waals surface area contributed by atoms with Crippen molar-refractivity contribution in [3.05, 3.63) is 29.3 Å². The highest BCUT2D eigenvalue weighted by Gasteiger charge is 2.40. The molecule has 0 aromatic heterocycles. The van der Waals surface area contributed by atoms with Crippen molar-refractivity contribution >= 4 is 10.0 Å². The zero-order valence-corrected chi connectivity index (χ0v) is 14.0. The second-order valence-electron chi connectivity index (χ2n) is 6.38. The first-order chi connectivity index (χ1) is 9.81. The fourth-order valence-electron chi connectivity index (χ4n) is 3.33. The van der Waals surface area contributed by atoms with Crippen molar-refractivity contribution in [2.45, 2.75) is 56.9 Å². The Bertz CT molecular complexity index is 613. The molecule has 0 spiro atoms. The number of rotatable bonds is 4. The molecule has 1 aliphatic rings. The number of hydrogen-bond acceptors (Lipinski definition) is 3. The molecular weight excluding hydrogens is 284 g/mol. The van der Waals surface area contributed by atoms with Crippen LogP contribution in [-0.2, 0) is 10.0 Å². The standard InChI is InChI=1S/C16H26N2O2S/c1-12-7-8-15(13(2)10-12)21(19,20)18-16(11-17)9-5-4-6-14(16)3/h7-8,10,14,18H,4-6,9,11,17H2,1-3H3. The van der Waals surface area contributed by atoms with E-state index in [0.29, 0.717) is 11.4 Å². The van der Waals surface area contributed by atoms with Crippen LogP contribution in [-0.4, -0.2) is 20.5 Å². The zero-order chi connectivity index (χ0) is 15.7. The fourth-order valence-corrected chi connectivity index (χ4v) is 5.10. The van der Waals surface area contributed by atoms with Crippen molar-refractivity contribution in [1.82, 2.24) is 4.72 Å². The summed E-state index contributed by atoms with van der Waals surface area (Å²) in [6, 6.07) is 5.42. The van der Waals surface area contributed by atoms with Crippen LogP contribution in [0.1, 0.15) is 43.7 Å². The highest BCUT2D eigenvalue weighted by Crippen LogP contribution is 2.34. The molecule has 1 saturated carbocycles. The molecule has 118 valence electrons. The van der Waals surface area contributed by atoms with Gasteiger partial charge >= 0.3 is 0 Å². The number of sulfonamides is 1. The van der Waals surface area contributed by atoms with Crippen molar-refractivity contribution in [2.75, 3.05) is 6.54 Å². The van der Waals surface area contributed by atoms with Crippen LogP contribution in [0.3, 0.4) is 0 Å². The highest BCUT2D eigenvalue weighted by molar-refractivity contribution is 7.89. The maximum absolute atomic E-state index is 12.8. The van der Waals surface area contributed by atoms with E-state index in [-0.39, 0.29) is 5.92 Å². The van der Waals surface area contributed by atoms with E-state index in [9.17, 15) is 8.42 Å². The first-order valence-corrected chi connectivity index (χ1v) is 9.10. The Kier molecular flexibility index (Phi) is 4.76. The lowest BCUT2D eigenvalue weighted by Crippen LogP contribution is -2.59. The topological polar surface area (TPSA) is 72.2 Å². The van der Waals surface area contributed by atoms with Crippen LogP contribution in [0.2, 0.25) is 0 Å². The number of aryl methyl sites for hydroxylation is 2. The molecule has 0 aliphatic heterocycles. The Hall–Kier alpha value is -0.910. The van der Waals surface area contributed by atoms with Crippen molar-refractivity contribution in [3.63, 3.8) is 0 Å². The van der Waals surface area contributed by atoms with Gasteiger partial charge in [-0.25, -0.2) is 13.1 Å². The van der Waals surface area contributed by atoms with Crippen LogP contribution in [0.15, 0.2) is 23.1 Å². The molecular formula is C16H26N2O2S. The summed E-state index contributed by atoms with van der Waals surface area (Å²) in [4.78, 5) is 0.360. The predicted molar refractivity (Wildman–Crippen MR) is 85.7 cm³/mol. The Balaban J connectivity index is 2.35. The first kappa shape index (κ1) is 16.5. The molecule has 0 bridgehead atoms. The lowest BCUT2D eigenvalue weighted by Gasteiger charge is -2.42. The minimum absolute atomic E-state index is 0.261. The van der Waals surface area contributed by atoms with Gasteiger partial charge < -0.3 is 5.73 Å². The van der Waals surface area contributed by atoms with E-state index < -0.39 is 15.6 Å². The Morgan fingerprint density at radius 1 is 1.33 bits per heavy atom. The Labute approximate surface area is 128 Å². The van der Waals surface area contributed by atoms with Crippen LogP contribution >= 0.6 is 0 Å². The van der Waals surface area contributed by atoms with Gasteiger partial charge in [0.05, 0.1) is 4.90 Å². The van der Waals surface area contributed by atoms with E-state index >= 15 is 0 Å². The highest BCUT2D eigenvalue weighted by atomic mass is 32.2. The van der Waals surface area contributed by atoms with Crippen molar-refractivity contribution in [1.29, 1.82) is 0 Å². The Morgan fingerprint density at radius 2 is 2.05 bits per heavy atom. The van der Waals surface area contributed by atoms with Crippen LogP contribution < -0.4 is 10.5 Å². The maximum atomic E-state index is 12.8. The number of hydrogen-bond donors (Lipinski definition) is 2. The summed E-state index contributed by atoms with van der Waals surface area (Å²) in [5.74, 6) is 0.261. The third-order valence-electron chi connectivity index (χ3n) is 4.78. The van der Waals surface area contributed by atoms with Gasteiger partial charge in [-0.15, -0.1) is 0 Å². The smallest absolute Gasteiger partial charge is 0.241 e. The molecule has 4 nitrogen and oxygen atoms in total. The summed E-state index contributed by atoms with van der Waals surface area (Å²) in [6.45, 7) is 6.23. The summed E-state index contributed by atoms with van der Waals surface area (Å²) < 4.78 is 28.5. The van der Waals surface area contributed by atoms with Gasteiger partial charge in [-0.2, -0.15) is 0 Å². The SMILES string of the molecule is Cc1ccc(S(=O)(=O)NC2(CN)CCCCC2C)c(C)c1. The third-order valence-corrected chi connectivity index (χ3v) is 6.49. The molecule has 1 aromatic rings. The predicted octanol–water partition coefficient (Wildman–Crippen LogP) is 2.49. The fraction of sp³-hybridized carbons (Fsp3) is 0.625. The first-order valence-electron chi connectivity index (χ1n) is 7.62. The average molecular weight is 310 g/mol. The van der Waals surface area contributed by atoms with Gasteiger partial charge in [-0.3, -0.25) is 0 Å². The number of benzene rings is 1. The van der Waals surface area contributed by atoms with E-state index in [1.165, 1.54) is 0 Å². The molecule has 2 unspecified atom stereocenters. The molecule has 21 heavy (non-hydrogen) atoms. The Morgan fingerprint density at radius 3 is 2.62 bits per heavy atom. The van der Waals surface area contributed by atoms with Crippen molar-refractivity contribution < 1.29 is 8.42 Å². The van der Waals surface area contributed by atoms with E-state index in [2.05, 4.69) is 11.6 Å². The second-order valence-corrected chi connectivity index (χ2v) is 8.03. The quantitative estimate of drug-likeness (QED) is 0.897. The van der Waals surface area contributed by atoms with Crippen LogP contribution in [0.4, 0.5) is 0 Å². The average Bonchev–Trinajstić information content (AvgIpc) is 2.40. The van der Waals surface area contributed by atoms with E-state index in [1.54, 1.807) is 6.07 Å². The molecule has 0 amide bonds. The molecule has 1 aliphatic carbocycles. The summed E-state index contributed by atoms with van der Waals surface area (Å²) in [6.07, 6.45) is 4.01. The monoisotopic (exact) mass is 310 g/mol. The normalized spacial score (nSPS) is 26.8. The molecule has 2 rings (SSSR count). The zero-order valence-electron chi connectivity index (χ0n) is 13.1. The molecule has 3 N–H and O–H groups in total. The summed E-state index contributed by atoms with van der Waals surface area (Å²) in [5, 5.41) is 0. The number of nitrogens with two attached hydrogens (primary N) is 1. The van der Waals surface area contributed by atoms with E-state index in [0.717, 1.165) is 36.8 Å². The van der Waals surface area contributed by atoms with Gasteiger partial charge in [0.1, 0.15) is 0 Å². The molecule has 1 aromatic carbocycles. The summed E-state index contributed by atoms with van der Waals surface area (Å²) in [5.41, 5.74) is 7.28. The van der Waals surface area contributed by atoms with E-state index in [4.69, 9.17) is 5.73 Å². The largest absolute Gasteiger partial charge is 0.329 e. The second kappa shape index (κ2) is 6.07. The molecule has 5 heteroatoms. The van der Waals surface area contributed by atoms with Crippen molar-refractivity contribution in [3.8, 4) is 0 Å². The van der Waals surface area contributed by atoms with Gasteiger partial charge in [0.15, 0.2) is 0 Å². The lowest BCUT2D eigenvalue weighted by atomic mass is 9.74. The third kappa shape index (κ3) is 3.30.